The van der Waals surface area contributed by atoms with Crippen molar-refractivity contribution in [3.8, 4) is 0 Å². The van der Waals surface area contributed by atoms with E-state index in [-0.39, 0.29) is 0 Å². The molecule has 19 heavy (non-hydrogen) atoms. The fourth-order valence-electron chi connectivity index (χ4n) is 2.00. The first-order valence-electron chi connectivity index (χ1n) is 7.63. The molecule has 0 saturated heterocycles. The van der Waals surface area contributed by atoms with Gasteiger partial charge in [-0.3, -0.25) is 4.98 Å². The second kappa shape index (κ2) is 10.3. The Balaban J connectivity index is 2.45. The van der Waals surface area contributed by atoms with Gasteiger partial charge in [0.15, 0.2) is 0 Å². The zero-order valence-electron chi connectivity index (χ0n) is 12.6. The van der Waals surface area contributed by atoms with Crippen molar-refractivity contribution in [2.24, 2.45) is 0 Å². The van der Waals surface area contributed by atoms with Crippen LogP contribution in [0.15, 0.2) is 23.2 Å². The third-order valence-electron chi connectivity index (χ3n) is 3.18. The van der Waals surface area contributed by atoms with Crippen molar-refractivity contribution in [2.75, 3.05) is 12.3 Å². The van der Waals surface area contributed by atoms with E-state index in [1.807, 2.05) is 18.0 Å². The lowest BCUT2D eigenvalue weighted by Crippen LogP contribution is -2.22. The Morgan fingerprint density at radius 3 is 2.58 bits per heavy atom. The van der Waals surface area contributed by atoms with Gasteiger partial charge in [-0.15, -0.1) is 11.8 Å². The fraction of sp³-hybridized carbons (Fsp3) is 0.688. The molecule has 1 heterocycles. The molecule has 0 spiro atoms. The Labute approximate surface area is 122 Å². The van der Waals surface area contributed by atoms with Gasteiger partial charge in [0.05, 0.1) is 5.69 Å². The van der Waals surface area contributed by atoms with Crippen LogP contribution in [-0.2, 0) is 0 Å². The monoisotopic (exact) mass is 280 g/mol. The maximum absolute atomic E-state index is 4.62. The third-order valence-corrected chi connectivity index (χ3v) is 4.25. The maximum atomic E-state index is 4.62. The number of aromatic nitrogens is 1. The molecule has 1 unspecified atom stereocenters. The van der Waals surface area contributed by atoms with Crippen LogP contribution in [0, 0.1) is 0 Å². The standard InChI is InChI=1S/C16H28N2S/c1-4-7-8-12-19-14-9-10-16(18-13-14)15(6-3)17-11-5-2/h9-10,13,15,17H,4-8,11-12H2,1-3H3. The number of hydrogen-bond acceptors (Lipinski definition) is 3. The van der Waals surface area contributed by atoms with Gasteiger partial charge in [-0.05, 0) is 43.7 Å². The summed E-state index contributed by atoms with van der Waals surface area (Å²) in [6.45, 7) is 7.72. The molecule has 1 rings (SSSR count). The molecular formula is C16H28N2S. The van der Waals surface area contributed by atoms with E-state index < -0.39 is 0 Å². The van der Waals surface area contributed by atoms with Gasteiger partial charge in [0.25, 0.3) is 0 Å². The Hall–Kier alpha value is -0.540. The molecule has 108 valence electrons. The molecular weight excluding hydrogens is 252 g/mol. The number of nitrogens with one attached hydrogen (secondary N) is 1. The first-order chi connectivity index (χ1) is 9.31. The van der Waals surface area contributed by atoms with Crippen LogP contribution in [-0.4, -0.2) is 17.3 Å². The van der Waals surface area contributed by atoms with E-state index in [9.17, 15) is 0 Å². The van der Waals surface area contributed by atoms with Crippen LogP contribution in [0.4, 0.5) is 0 Å². The molecule has 1 N–H and O–H groups in total. The van der Waals surface area contributed by atoms with Gasteiger partial charge >= 0.3 is 0 Å². The Kier molecular flexibility index (Phi) is 8.93. The highest BCUT2D eigenvalue weighted by molar-refractivity contribution is 7.99. The van der Waals surface area contributed by atoms with Gasteiger partial charge in [-0.1, -0.05) is 33.6 Å². The molecule has 0 aliphatic rings. The minimum atomic E-state index is 0.402. The summed E-state index contributed by atoms with van der Waals surface area (Å²) >= 11 is 1.92. The molecule has 0 aliphatic carbocycles. The summed E-state index contributed by atoms with van der Waals surface area (Å²) in [6.07, 6.45) is 8.22. The molecule has 1 aromatic heterocycles. The predicted octanol–water partition coefficient (Wildman–Crippen LogP) is 4.81. The fourth-order valence-corrected chi connectivity index (χ4v) is 2.88. The predicted molar refractivity (Wildman–Crippen MR) is 85.8 cm³/mol. The third kappa shape index (κ3) is 6.44. The lowest BCUT2D eigenvalue weighted by atomic mass is 10.1. The minimum absolute atomic E-state index is 0.402. The number of pyridine rings is 1. The van der Waals surface area contributed by atoms with Gasteiger partial charge in [0.2, 0.25) is 0 Å². The molecule has 0 aromatic carbocycles. The molecule has 3 heteroatoms. The summed E-state index contributed by atoms with van der Waals surface area (Å²) in [4.78, 5) is 5.91. The number of unbranched alkanes of at least 4 members (excludes halogenated alkanes) is 2. The highest BCUT2D eigenvalue weighted by atomic mass is 32.2. The summed E-state index contributed by atoms with van der Waals surface area (Å²) in [5.74, 6) is 1.21. The zero-order valence-corrected chi connectivity index (χ0v) is 13.4. The van der Waals surface area contributed by atoms with Crippen molar-refractivity contribution in [1.82, 2.24) is 10.3 Å². The van der Waals surface area contributed by atoms with Gasteiger partial charge in [0, 0.05) is 17.1 Å². The number of rotatable bonds is 10. The second-order valence-corrected chi connectivity index (χ2v) is 6.06. The van der Waals surface area contributed by atoms with Crippen LogP contribution in [0.3, 0.4) is 0 Å². The number of thioether (sulfide) groups is 1. The van der Waals surface area contributed by atoms with Crippen molar-refractivity contribution in [3.05, 3.63) is 24.0 Å². The van der Waals surface area contributed by atoms with Gasteiger partial charge in [-0.25, -0.2) is 0 Å². The van der Waals surface area contributed by atoms with E-state index in [1.165, 1.54) is 42.0 Å². The molecule has 0 saturated carbocycles. The highest BCUT2D eigenvalue weighted by Gasteiger charge is 2.09. The number of hydrogen-bond donors (Lipinski definition) is 1. The average Bonchev–Trinajstić information content (AvgIpc) is 2.46. The lowest BCUT2D eigenvalue weighted by Gasteiger charge is -2.16. The Bertz CT molecular complexity index is 324. The minimum Gasteiger partial charge on any atom is -0.309 e. The lowest BCUT2D eigenvalue weighted by molar-refractivity contribution is 0.507. The van der Waals surface area contributed by atoms with Crippen molar-refractivity contribution >= 4 is 11.8 Å². The summed E-state index contributed by atoms with van der Waals surface area (Å²) in [7, 11) is 0. The van der Waals surface area contributed by atoms with Crippen LogP contribution in [0.1, 0.15) is 64.6 Å². The topological polar surface area (TPSA) is 24.9 Å². The van der Waals surface area contributed by atoms with E-state index in [2.05, 4.69) is 43.2 Å². The SMILES string of the molecule is CCCCCSc1ccc(C(CC)NCCC)nc1. The van der Waals surface area contributed by atoms with E-state index in [0.717, 1.165) is 13.0 Å². The average molecular weight is 280 g/mol. The molecule has 0 fully saturated rings. The van der Waals surface area contributed by atoms with Crippen LogP contribution in [0.2, 0.25) is 0 Å². The van der Waals surface area contributed by atoms with Crippen LogP contribution >= 0.6 is 11.8 Å². The molecule has 1 atom stereocenters. The molecule has 0 aliphatic heterocycles. The summed E-state index contributed by atoms with van der Waals surface area (Å²) < 4.78 is 0. The second-order valence-electron chi connectivity index (χ2n) is 4.89. The Morgan fingerprint density at radius 2 is 2.00 bits per heavy atom. The van der Waals surface area contributed by atoms with E-state index in [1.54, 1.807) is 0 Å². The zero-order chi connectivity index (χ0) is 13.9. The van der Waals surface area contributed by atoms with Gasteiger partial charge in [-0.2, -0.15) is 0 Å². The van der Waals surface area contributed by atoms with Crippen molar-refractivity contribution in [2.45, 2.75) is 63.8 Å². The Morgan fingerprint density at radius 1 is 1.16 bits per heavy atom. The quantitative estimate of drug-likeness (QED) is 0.491. The normalized spacial score (nSPS) is 12.6. The summed E-state index contributed by atoms with van der Waals surface area (Å²) in [5.41, 5.74) is 1.17. The largest absolute Gasteiger partial charge is 0.309 e. The molecule has 0 bridgehead atoms. The first kappa shape index (κ1) is 16.5. The van der Waals surface area contributed by atoms with Crippen LogP contribution in [0.25, 0.3) is 0 Å². The van der Waals surface area contributed by atoms with Crippen molar-refractivity contribution in [3.63, 3.8) is 0 Å². The summed E-state index contributed by atoms with van der Waals surface area (Å²) in [5, 5.41) is 3.55. The summed E-state index contributed by atoms with van der Waals surface area (Å²) in [6, 6.07) is 4.80. The maximum Gasteiger partial charge on any atom is 0.0573 e. The number of nitrogens with zero attached hydrogens (tertiary/aromatic N) is 1. The van der Waals surface area contributed by atoms with Gasteiger partial charge in [0.1, 0.15) is 0 Å². The molecule has 0 amide bonds. The highest BCUT2D eigenvalue weighted by Crippen LogP contribution is 2.21. The molecule has 2 nitrogen and oxygen atoms in total. The van der Waals surface area contributed by atoms with Crippen molar-refractivity contribution in [1.29, 1.82) is 0 Å². The smallest absolute Gasteiger partial charge is 0.0573 e. The van der Waals surface area contributed by atoms with E-state index in [4.69, 9.17) is 0 Å². The van der Waals surface area contributed by atoms with Gasteiger partial charge < -0.3 is 5.32 Å². The first-order valence-corrected chi connectivity index (χ1v) is 8.62. The van der Waals surface area contributed by atoms with E-state index in [0.29, 0.717) is 6.04 Å². The van der Waals surface area contributed by atoms with E-state index >= 15 is 0 Å². The van der Waals surface area contributed by atoms with Crippen molar-refractivity contribution < 1.29 is 0 Å². The van der Waals surface area contributed by atoms with Crippen LogP contribution < -0.4 is 5.32 Å². The molecule has 0 radical (unpaired) electrons. The van der Waals surface area contributed by atoms with Crippen LogP contribution in [0.5, 0.6) is 0 Å². The molecule has 1 aromatic rings.